The molecule has 0 aromatic heterocycles. The molecule has 36 heavy (non-hydrogen) atoms. The lowest BCUT2D eigenvalue weighted by Crippen LogP contribution is -2.57. The molecule has 0 aliphatic carbocycles. The van der Waals surface area contributed by atoms with Gasteiger partial charge in [0, 0.05) is 23.7 Å². The zero-order chi connectivity index (χ0) is 26.2. The zero-order valence-electron chi connectivity index (χ0n) is 20.1. The number of rotatable bonds is 6. The number of hydrogen-bond donors (Lipinski definition) is 1. The van der Waals surface area contributed by atoms with E-state index in [0.29, 0.717) is 6.42 Å². The average molecular weight is 525 g/mol. The van der Waals surface area contributed by atoms with Crippen molar-refractivity contribution in [3.8, 4) is 0 Å². The second-order valence-corrected chi connectivity index (χ2v) is 9.87. The summed E-state index contributed by atoms with van der Waals surface area (Å²) in [5, 5.41) is 7.84. The van der Waals surface area contributed by atoms with Crippen LogP contribution in [0.5, 0.6) is 0 Å². The maximum atomic E-state index is 13.0. The maximum Gasteiger partial charge on any atom is 0.490 e. The fourth-order valence-electron chi connectivity index (χ4n) is 5.14. The molecule has 1 spiro atoms. The van der Waals surface area contributed by atoms with Gasteiger partial charge in [-0.3, -0.25) is 9.69 Å². The van der Waals surface area contributed by atoms with Gasteiger partial charge in [0.25, 0.3) is 0 Å². The number of aryl methyl sites for hydroxylation is 1. The molecule has 1 amide bonds. The Morgan fingerprint density at radius 3 is 2.17 bits per heavy atom. The Morgan fingerprint density at radius 1 is 0.944 bits per heavy atom. The summed E-state index contributed by atoms with van der Waals surface area (Å²) < 4.78 is 31.7. The van der Waals surface area contributed by atoms with Crippen molar-refractivity contribution in [1.29, 1.82) is 0 Å². The number of benzene rings is 2. The molecule has 2 fully saturated rings. The second kappa shape index (κ2) is 12.6. The minimum Gasteiger partial charge on any atom is -0.475 e. The van der Waals surface area contributed by atoms with Crippen molar-refractivity contribution in [2.75, 3.05) is 26.2 Å². The minimum atomic E-state index is -5.08. The van der Waals surface area contributed by atoms with E-state index < -0.39 is 12.1 Å². The molecule has 0 saturated carbocycles. The standard InChI is InChI=1S/C25H31ClN2O.C2HF3O2/c26-23-12-10-22(11-13-23)19-24(29)27-16-5-14-25(20-27)15-6-18-28(25)17-4-9-21-7-2-1-3-8-21;3-2(4,5)1(6)7/h1-3,7-8,10-13H,4-6,9,14-20H2;(H,6,7). The van der Waals surface area contributed by atoms with Crippen LogP contribution in [0.1, 0.15) is 43.2 Å². The fourth-order valence-corrected chi connectivity index (χ4v) is 5.26. The highest BCUT2D eigenvalue weighted by molar-refractivity contribution is 6.30. The topological polar surface area (TPSA) is 60.9 Å². The van der Waals surface area contributed by atoms with Gasteiger partial charge in [0.05, 0.1) is 6.42 Å². The summed E-state index contributed by atoms with van der Waals surface area (Å²) in [7, 11) is 0. The molecule has 4 rings (SSSR count). The Morgan fingerprint density at radius 2 is 1.56 bits per heavy atom. The van der Waals surface area contributed by atoms with Crippen LogP contribution < -0.4 is 0 Å². The first-order valence-electron chi connectivity index (χ1n) is 12.2. The molecule has 1 N–H and O–H groups in total. The van der Waals surface area contributed by atoms with Crippen molar-refractivity contribution in [3.05, 3.63) is 70.7 Å². The molecule has 2 aliphatic heterocycles. The number of carboxylic acid groups (broad SMARTS) is 1. The lowest BCUT2D eigenvalue weighted by Gasteiger charge is -2.46. The van der Waals surface area contributed by atoms with Crippen molar-refractivity contribution in [1.82, 2.24) is 9.80 Å². The van der Waals surface area contributed by atoms with E-state index in [1.807, 2.05) is 24.3 Å². The van der Waals surface area contributed by atoms with Crippen LogP contribution in [0.25, 0.3) is 0 Å². The number of carbonyl (C=O) groups excluding carboxylic acids is 1. The number of halogens is 4. The van der Waals surface area contributed by atoms with Crippen LogP contribution in [0.2, 0.25) is 5.02 Å². The van der Waals surface area contributed by atoms with Gasteiger partial charge < -0.3 is 10.0 Å². The van der Waals surface area contributed by atoms with Crippen LogP contribution in [0.3, 0.4) is 0 Å². The molecule has 196 valence electrons. The van der Waals surface area contributed by atoms with Crippen molar-refractivity contribution >= 4 is 23.5 Å². The molecular weight excluding hydrogens is 493 g/mol. The van der Waals surface area contributed by atoms with E-state index in [1.165, 1.54) is 37.8 Å². The Labute approximate surface area is 214 Å². The monoisotopic (exact) mass is 524 g/mol. The van der Waals surface area contributed by atoms with E-state index in [4.69, 9.17) is 21.5 Å². The first kappa shape index (κ1) is 28.0. The van der Waals surface area contributed by atoms with E-state index in [1.54, 1.807) is 0 Å². The summed E-state index contributed by atoms with van der Waals surface area (Å²) in [5.74, 6) is -2.50. The number of aliphatic carboxylic acids is 1. The Kier molecular flexibility index (Phi) is 9.79. The maximum absolute atomic E-state index is 13.0. The zero-order valence-corrected chi connectivity index (χ0v) is 20.9. The third kappa shape index (κ3) is 7.96. The molecule has 2 saturated heterocycles. The fraction of sp³-hybridized carbons (Fsp3) is 0.481. The molecule has 2 aliphatic rings. The summed E-state index contributed by atoms with van der Waals surface area (Å²) in [4.78, 5) is 26.7. The Bertz CT molecular complexity index is 1000. The van der Waals surface area contributed by atoms with Gasteiger partial charge in [-0.1, -0.05) is 54.1 Å². The number of carbonyl (C=O) groups is 2. The van der Waals surface area contributed by atoms with Crippen LogP contribution in [0.4, 0.5) is 13.2 Å². The van der Waals surface area contributed by atoms with E-state index in [-0.39, 0.29) is 11.4 Å². The highest BCUT2D eigenvalue weighted by Gasteiger charge is 2.44. The summed E-state index contributed by atoms with van der Waals surface area (Å²) >= 11 is 5.97. The van der Waals surface area contributed by atoms with E-state index in [2.05, 4.69) is 40.1 Å². The van der Waals surface area contributed by atoms with Gasteiger partial charge in [-0.25, -0.2) is 4.79 Å². The average Bonchev–Trinajstić information content (AvgIpc) is 3.22. The molecular formula is C27H32ClF3N2O3. The molecule has 2 heterocycles. The summed E-state index contributed by atoms with van der Waals surface area (Å²) in [5.41, 5.74) is 2.67. The Hall–Kier alpha value is -2.58. The molecule has 1 atom stereocenters. The molecule has 0 bridgehead atoms. The van der Waals surface area contributed by atoms with Crippen molar-refractivity contribution < 1.29 is 27.9 Å². The van der Waals surface area contributed by atoms with Crippen molar-refractivity contribution in [2.45, 2.75) is 56.7 Å². The Balaban J connectivity index is 0.000000454. The lowest BCUT2D eigenvalue weighted by molar-refractivity contribution is -0.192. The SMILES string of the molecule is O=C(Cc1ccc(Cl)cc1)N1CCCC2(CCCN2CCCc2ccccc2)C1.O=C(O)C(F)(F)F. The van der Waals surface area contributed by atoms with E-state index in [9.17, 15) is 18.0 Å². The molecule has 2 aromatic carbocycles. The predicted octanol–water partition coefficient (Wildman–Crippen LogP) is 5.61. The number of piperidine rings is 1. The highest BCUT2D eigenvalue weighted by atomic mass is 35.5. The molecule has 5 nitrogen and oxygen atoms in total. The minimum absolute atomic E-state index is 0.199. The van der Waals surface area contributed by atoms with Gasteiger partial charge in [-0.15, -0.1) is 0 Å². The molecule has 1 unspecified atom stereocenters. The van der Waals surface area contributed by atoms with Crippen molar-refractivity contribution in [3.63, 3.8) is 0 Å². The van der Waals surface area contributed by atoms with Gasteiger partial charge in [0.15, 0.2) is 0 Å². The van der Waals surface area contributed by atoms with Gasteiger partial charge in [0.1, 0.15) is 0 Å². The van der Waals surface area contributed by atoms with E-state index in [0.717, 1.165) is 43.1 Å². The van der Waals surface area contributed by atoms with Crippen molar-refractivity contribution in [2.24, 2.45) is 0 Å². The molecule has 2 aromatic rings. The third-order valence-corrected chi connectivity index (χ3v) is 7.15. The lowest BCUT2D eigenvalue weighted by atomic mass is 9.86. The summed E-state index contributed by atoms with van der Waals surface area (Å²) in [6.07, 6.45) is 2.52. The number of hydrogen-bond acceptors (Lipinski definition) is 3. The summed E-state index contributed by atoms with van der Waals surface area (Å²) in [6.45, 7) is 4.10. The second-order valence-electron chi connectivity index (χ2n) is 9.43. The predicted molar refractivity (Wildman–Crippen MR) is 133 cm³/mol. The molecule has 9 heteroatoms. The van der Waals surface area contributed by atoms with Crippen LogP contribution in [0, 0.1) is 0 Å². The largest absolute Gasteiger partial charge is 0.490 e. The molecule has 0 radical (unpaired) electrons. The van der Waals surface area contributed by atoms with Gasteiger partial charge in [0.2, 0.25) is 5.91 Å². The van der Waals surface area contributed by atoms with Crippen LogP contribution in [0.15, 0.2) is 54.6 Å². The first-order chi connectivity index (χ1) is 17.1. The number of amides is 1. The van der Waals surface area contributed by atoms with Crippen LogP contribution in [-0.4, -0.2) is 64.7 Å². The van der Waals surface area contributed by atoms with Gasteiger partial charge in [-0.2, -0.15) is 13.2 Å². The highest BCUT2D eigenvalue weighted by Crippen LogP contribution is 2.37. The third-order valence-electron chi connectivity index (χ3n) is 6.90. The summed E-state index contributed by atoms with van der Waals surface area (Å²) in [6, 6.07) is 18.4. The number of alkyl halides is 3. The van der Waals surface area contributed by atoms with Crippen LogP contribution >= 0.6 is 11.6 Å². The quantitative estimate of drug-likeness (QED) is 0.534. The number of nitrogens with zero attached hydrogens (tertiary/aromatic N) is 2. The van der Waals surface area contributed by atoms with Gasteiger partial charge in [-0.05, 0) is 74.9 Å². The normalized spacial score (nSPS) is 20.2. The van der Waals surface area contributed by atoms with Gasteiger partial charge >= 0.3 is 12.1 Å². The smallest absolute Gasteiger partial charge is 0.475 e. The van der Waals surface area contributed by atoms with Crippen LogP contribution in [-0.2, 0) is 22.4 Å². The number of likely N-dealkylation sites (tertiary alicyclic amines) is 2. The first-order valence-corrected chi connectivity index (χ1v) is 12.6. The number of carboxylic acids is 1. The van der Waals surface area contributed by atoms with E-state index >= 15 is 0 Å².